The van der Waals surface area contributed by atoms with Crippen molar-refractivity contribution in [2.24, 2.45) is 5.73 Å². The molecule has 6 aliphatic rings. The van der Waals surface area contributed by atoms with Crippen molar-refractivity contribution in [2.45, 2.75) is 202 Å². The minimum Gasteiger partial charge on any atom is -0.382 e. The summed E-state index contributed by atoms with van der Waals surface area (Å²) in [5, 5.41) is 0. The molecule has 6 unspecified atom stereocenters. The average molecular weight is 1250 g/mol. The number of halogens is 2. The Kier molecular flexibility index (Phi) is 48.6. The van der Waals surface area contributed by atoms with E-state index in [1.165, 1.54) is 14.2 Å². The van der Waals surface area contributed by atoms with E-state index in [4.69, 9.17) is 115 Å². The molecule has 6 aliphatic heterocycles. The van der Waals surface area contributed by atoms with Crippen molar-refractivity contribution in [3.8, 4) is 0 Å². The highest BCUT2D eigenvalue weighted by Gasteiger charge is 2.47. The molecule has 6 heterocycles. The van der Waals surface area contributed by atoms with Crippen LogP contribution in [0.25, 0.3) is 0 Å². The Hall–Kier alpha value is -1.36. The van der Waals surface area contributed by atoms with Crippen LogP contribution in [0.4, 0.5) is 8.78 Å². The van der Waals surface area contributed by atoms with Crippen molar-refractivity contribution in [1.29, 1.82) is 0 Å². The number of hydrogen-bond donors (Lipinski definition) is 1. The first kappa shape index (κ1) is 83.6. The molecule has 0 saturated carbocycles. The molecule has 6 fully saturated rings. The van der Waals surface area contributed by atoms with Gasteiger partial charge in [0.15, 0.2) is 12.3 Å². The summed E-state index contributed by atoms with van der Waals surface area (Å²) in [5.74, 6) is 0. The standard InChI is InChI=1S/C11H22O5.C11H20O4.C10H21NO4.C9H18O4.2C8H15FO3.C2H6/c1-8-10(15-6-5-12-2)11(14-4)9(16-8)7-13-3;1-5-6-14-10-8(2)15-9(7-12-3)11(10)13-4;1-7-9(14-5-4-11)10(13-3)8(15-7)6-12-2;1-6-8(11-3)9(12-4)7(13-6)5-10-2;2*1-5-7(9)8(11-3)6(12-5)4-10-2;1-2/h8-11H,5-7H2,1-4H3;5,8-11H,1,6-7H2,2-4H3;7-10H,4-6,11H2,1-3H3;6-9H,5H2,1-4H3;2*5-8H,4H2,1-3H3;1-2H3/t2*8-,9+,10+,11?;7-,8+,9+,10?;6-,7+,8+,9?;5-,6+,7+,8?;5-,6+,7-,8?;/m000000./s1. The molecular formula is C59H117F2NO23. The molecule has 24 atom stereocenters. The minimum atomic E-state index is -1.05. The van der Waals surface area contributed by atoms with Crippen LogP contribution in [0.1, 0.15) is 55.4 Å². The van der Waals surface area contributed by atoms with Crippen molar-refractivity contribution >= 4 is 0 Å². The van der Waals surface area contributed by atoms with Gasteiger partial charge < -0.3 is 115 Å². The van der Waals surface area contributed by atoms with E-state index in [2.05, 4.69) is 6.58 Å². The van der Waals surface area contributed by atoms with Crippen molar-refractivity contribution in [2.75, 3.05) is 172 Å². The number of hydrogen-bond acceptors (Lipinski definition) is 24. The summed E-state index contributed by atoms with van der Waals surface area (Å²) in [6.45, 7) is 24.5. The first-order valence-corrected chi connectivity index (χ1v) is 29.4. The maximum absolute atomic E-state index is 13.2. The Morgan fingerprint density at radius 1 is 0.329 bits per heavy atom. The van der Waals surface area contributed by atoms with Crippen molar-refractivity contribution in [3.63, 3.8) is 0 Å². The number of ether oxygens (including phenoxy) is 23. The molecule has 0 radical (unpaired) electrons. The summed E-state index contributed by atoms with van der Waals surface area (Å²) < 4.78 is 149. The lowest BCUT2D eigenvalue weighted by Gasteiger charge is -2.22. The summed E-state index contributed by atoms with van der Waals surface area (Å²) in [7, 11) is 22.7. The topological polar surface area (TPSA) is 238 Å². The van der Waals surface area contributed by atoms with Gasteiger partial charge in [-0.2, -0.15) is 0 Å². The summed E-state index contributed by atoms with van der Waals surface area (Å²) in [6.07, 6.45) is -3.15. The van der Waals surface area contributed by atoms with Gasteiger partial charge in [-0.15, -0.1) is 6.58 Å². The molecule has 0 aromatic heterocycles. The van der Waals surface area contributed by atoms with E-state index >= 15 is 0 Å². The maximum atomic E-state index is 13.2. The van der Waals surface area contributed by atoms with Gasteiger partial charge in [-0.1, -0.05) is 19.9 Å². The molecule has 0 aromatic rings. The zero-order chi connectivity index (χ0) is 64.6. The Morgan fingerprint density at radius 2 is 0.576 bits per heavy atom. The Labute approximate surface area is 508 Å². The van der Waals surface area contributed by atoms with Crippen LogP contribution >= 0.6 is 0 Å². The number of nitrogens with two attached hydrogens (primary N) is 1. The van der Waals surface area contributed by atoms with Crippen LogP contribution in [0, 0.1) is 0 Å². The summed E-state index contributed by atoms with van der Waals surface area (Å²) in [5.41, 5.74) is 5.40. The van der Waals surface area contributed by atoms with Crippen LogP contribution in [0.5, 0.6) is 0 Å². The van der Waals surface area contributed by atoms with Crippen LogP contribution < -0.4 is 5.73 Å². The lowest BCUT2D eigenvalue weighted by molar-refractivity contribution is -0.0644. The van der Waals surface area contributed by atoms with Crippen LogP contribution in [0.3, 0.4) is 0 Å². The second-order valence-electron chi connectivity index (χ2n) is 20.3. The fraction of sp³-hybridized carbons (Fsp3) is 0.966. The third-order valence-corrected chi connectivity index (χ3v) is 14.5. The van der Waals surface area contributed by atoms with Crippen LogP contribution in [-0.2, 0) is 109 Å². The first-order chi connectivity index (χ1) is 40.9. The monoisotopic (exact) mass is 1250 g/mol. The third kappa shape index (κ3) is 27.6. The highest BCUT2D eigenvalue weighted by Crippen LogP contribution is 2.31. The van der Waals surface area contributed by atoms with Gasteiger partial charge in [-0.05, 0) is 41.5 Å². The molecule has 510 valence electrons. The number of methoxy groups -OCH3 is 14. The molecule has 0 aromatic carbocycles. The number of alkyl halides is 2. The van der Waals surface area contributed by atoms with Crippen molar-refractivity contribution in [3.05, 3.63) is 12.7 Å². The largest absolute Gasteiger partial charge is 0.382 e. The third-order valence-electron chi connectivity index (χ3n) is 14.5. The van der Waals surface area contributed by atoms with Gasteiger partial charge in [0.05, 0.1) is 103 Å². The fourth-order valence-corrected chi connectivity index (χ4v) is 10.6. The SMILES string of the molecule is C=CCO[C@H]1C(OC)[C@@H](COC)O[C@H]1C.CC.COCCO[C@H]1C(OC)[C@@H](COC)O[C@H]1C.COC[C@H]1O[C@@H](C)[C@@H](F)C1OC.COC[C@H]1O[C@@H](C)[C@@H](OC)C1OC.COC[C@H]1O[C@@H](C)[C@@H](OCCN)C1OC.COC[C@H]1O[C@@H](C)[C@H](F)C1OC. The summed E-state index contributed by atoms with van der Waals surface area (Å²) >= 11 is 0. The first-order valence-electron chi connectivity index (χ1n) is 29.4. The molecule has 0 amide bonds. The van der Waals surface area contributed by atoms with Gasteiger partial charge in [0.1, 0.15) is 97.7 Å². The molecule has 0 spiro atoms. The van der Waals surface area contributed by atoms with E-state index in [1.54, 1.807) is 105 Å². The van der Waals surface area contributed by atoms with E-state index in [1.807, 2.05) is 41.5 Å². The molecule has 24 nitrogen and oxygen atoms in total. The molecule has 85 heavy (non-hydrogen) atoms. The van der Waals surface area contributed by atoms with Gasteiger partial charge in [-0.25, -0.2) is 8.78 Å². The molecular weight excluding hydrogens is 1130 g/mol. The van der Waals surface area contributed by atoms with Crippen molar-refractivity contribution < 1.29 is 118 Å². The van der Waals surface area contributed by atoms with E-state index in [0.717, 1.165) is 0 Å². The van der Waals surface area contributed by atoms with Gasteiger partial charge in [0, 0.05) is 106 Å². The quantitative estimate of drug-likeness (QED) is 0.0813. The van der Waals surface area contributed by atoms with Crippen LogP contribution in [-0.4, -0.2) is 319 Å². The Balaban J connectivity index is 0.000000993. The normalized spacial score (nSPS) is 37.1. The summed E-state index contributed by atoms with van der Waals surface area (Å²) in [6, 6.07) is 0. The predicted molar refractivity (Wildman–Crippen MR) is 314 cm³/mol. The maximum Gasteiger partial charge on any atom is 0.154 e. The average Bonchev–Trinajstić information content (AvgIpc) is 4.16. The lowest BCUT2D eigenvalue weighted by atomic mass is 10.1. The molecule has 6 saturated heterocycles. The Bertz CT molecular complexity index is 1530. The van der Waals surface area contributed by atoms with Crippen LogP contribution in [0.2, 0.25) is 0 Å². The number of rotatable bonds is 29. The second-order valence-corrected chi connectivity index (χ2v) is 20.3. The fourth-order valence-electron chi connectivity index (χ4n) is 10.6. The van der Waals surface area contributed by atoms with E-state index in [-0.39, 0.29) is 110 Å². The summed E-state index contributed by atoms with van der Waals surface area (Å²) in [4.78, 5) is 0. The molecule has 0 aliphatic carbocycles. The van der Waals surface area contributed by atoms with Gasteiger partial charge in [-0.3, -0.25) is 0 Å². The van der Waals surface area contributed by atoms with E-state index in [0.29, 0.717) is 72.6 Å². The zero-order valence-electron chi connectivity index (χ0n) is 55.6. The Morgan fingerprint density at radius 3 is 0.835 bits per heavy atom. The molecule has 2 N–H and O–H groups in total. The van der Waals surface area contributed by atoms with Crippen LogP contribution in [0.15, 0.2) is 12.7 Å². The van der Waals surface area contributed by atoms with E-state index < -0.39 is 36.8 Å². The lowest BCUT2D eigenvalue weighted by Crippen LogP contribution is -2.38. The second kappa shape index (κ2) is 49.4. The zero-order valence-corrected chi connectivity index (χ0v) is 55.6. The molecule has 26 heteroatoms. The highest BCUT2D eigenvalue weighted by molar-refractivity contribution is 4.95. The molecule has 6 rings (SSSR count). The predicted octanol–water partition coefficient (Wildman–Crippen LogP) is 4.27. The minimum absolute atomic E-state index is 0.00477. The van der Waals surface area contributed by atoms with Gasteiger partial charge in [0.2, 0.25) is 0 Å². The van der Waals surface area contributed by atoms with Gasteiger partial charge in [0.25, 0.3) is 0 Å². The van der Waals surface area contributed by atoms with E-state index in [9.17, 15) is 8.78 Å². The smallest absolute Gasteiger partial charge is 0.154 e. The van der Waals surface area contributed by atoms with Crippen molar-refractivity contribution in [1.82, 2.24) is 0 Å². The van der Waals surface area contributed by atoms with Gasteiger partial charge >= 0.3 is 0 Å². The highest BCUT2D eigenvalue weighted by atomic mass is 19.1. The molecule has 0 bridgehead atoms.